The molecule has 0 aromatic carbocycles. The zero-order chi connectivity index (χ0) is 14.8. The molecule has 0 radical (unpaired) electrons. The number of aromatic nitrogens is 1. The molecule has 0 aliphatic carbocycles. The van der Waals surface area contributed by atoms with Crippen LogP contribution in [0.5, 0.6) is 0 Å². The quantitative estimate of drug-likeness (QED) is 0.911. The molecule has 2 atom stereocenters. The molecule has 1 N–H and O–H groups in total. The highest BCUT2D eigenvalue weighted by atomic mass is 32.2. The van der Waals surface area contributed by atoms with Crippen LogP contribution < -0.4 is 0 Å². The van der Waals surface area contributed by atoms with Crippen LogP contribution in [0.2, 0.25) is 0 Å². The average Bonchev–Trinajstić information content (AvgIpc) is 2.38. The number of sulfonamides is 1. The molecule has 20 heavy (non-hydrogen) atoms. The van der Waals surface area contributed by atoms with Crippen LogP contribution in [0.3, 0.4) is 0 Å². The van der Waals surface area contributed by atoms with Crippen molar-refractivity contribution in [3.63, 3.8) is 0 Å². The first-order valence-corrected chi connectivity index (χ1v) is 8.72. The second-order valence-electron chi connectivity index (χ2n) is 5.85. The maximum atomic E-state index is 11.6. The molecule has 5 nitrogen and oxygen atoms in total. The molecule has 6 heteroatoms. The van der Waals surface area contributed by atoms with Gasteiger partial charge < -0.3 is 5.11 Å². The van der Waals surface area contributed by atoms with Gasteiger partial charge in [-0.25, -0.2) is 12.7 Å². The minimum Gasteiger partial charge on any atom is -0.385 e. The van der Waals surface area contributed by atoms with Crippen molar-refractivity contribution in [2.45, 2.75) is 31.8 Å². The van der Waals surface area contributed by atoms with E-state index < -0.39 is 15.6 Å². The SMILES string of the molecule is CC(O)(CC1CCCN(S(C)(=O)=O)C1)c1cccnc1. The van der Waals surface area contributed by atoms with Gasteiger partial charge in [-0.15, -0.1) is 0 Å². The van der Waals surface area contributed by atoms with Crippen LogP contribution in [0.15, 0.2) is 24.5 Å². The molecule has 0 amide bonds. The molecule has 0 bridgehead atoms. The first-order valence-electron chi connectivity index (χ1n) is 6.87. The number of rotatable bonds is 4. The summed E-state index contributed by atoms with van der Waals surface area (Å²) in [5.74, 6) is 0.175. The van der Waals surface area contributed by atoms with Crippen molar-refractivity contribution in [3.05, 3.63) is 30.1 Å². The van der Waals surface area contributed by atoms with Gasteiger partial charge in [-0.2, -0.15) is 0 Å². The Morgan fingerprint density at radius 3 is 2.90 bits per heavy atom. The number of hydrogen-bond donors (Lipinski definition) is 1. The van der Waals surface area contributed by atoms with Crippen molar-refractivity contribution in [1.82, 2.24) is 9.29 Å². The molecule has 1 fully saturated rings. The average molecular weight is 298 g/mol. The number of piperidine rings is 1. The zero-order valence-corrected chi connectivity index (χ0v) is 12.8. The smallest absolute Gasteiger partial charge is 0.211 e. The Hall–Kier alpha value is -0.980. The summed E-state index contributed by atoms with van der Waals surface area (Å²) < 4.78 is 24.8. The second-order valence-corrected chi connectivity index (χ2v) is 7.83. The summed E-state index contributed by atoms with van der Waals surface area (Å²) >= 11 is 0. The summed E-state index contributed by atoms with van der Waals surface area (Å²) in [6, 6.07) is 3.65. The van der Waals surface area contributed by atoms with Crippen molar-refractivity contribution in [2.75, 3.05) is 19.3 Å². The van der Waals surface area contributed by atoms with Crippen LogP contribution in [0.25, 0.3) is 0 Å². The maximum Gasteiger partial charge on any atom is 0.211 e. The molecule has 1 saturated heterocycles. The Labute approximate surface area is 120 Å². The van der Waals surface area contributed by atoms with E-state index >= 15 is 0 Å². The highest BCUT2D eigenvalue weighted by Gasteiger charge is 2.32. The van der Waals surface area contributed by atoms with E-state index in [-0.39, 0.29) is 5.92 Å². The van der Waals surface area contributed by atoms with Crippen LogP contribution in [0.4, 0.5) is 0 Å². The Bertz CT molecular complexity index is 543. The van der Waals surface area contributed by atoms with E-state index in [0.29, 0.717) is 19.5 Å². The van der Waals surface area contributed by atoms with E-state index in [4.69, 9.17) is 0 Å². The van der Waals surface area contributed by atoms with Gasteiger partial charge in [0.15, 0.2) is 0 Å². The van der Waals surface area contributed by atoms with E-state index in [9.17, 15) is 13.5 Å². The van der Waals surface area contributed by atoms with Gasteiger partial charge in [-0.3, -0.25) is 4.98 Å². The third kappa shape index (κ3) is 3.77. The molecule has 1 aromatic heterocycles. The Kier molecular flexibility index (Phi) is 4.46. The number of aliphatic hydroxyl groups is 1. The van der Waals surface area contributed by atoms with Crippen LogP contribution in [0.1, 0.15) is 31.7 Å². The first kappa shape index (κ1) is 15.4. The van der Waals surface area contributed by atoms with Gasteiger partial charge in [-0.1, -0.05) is 6.07 Å². The predicted octanol–water partition coefficient (Wildman–Crippen LogP) is 1.35. The minimum absolute atomic E-state index is 0.175. The highest BCUT2D eigenvalue weighted by Crippen LogP contribution is 2.32. The van der Waals surface area contributed by atoms with E-state index in [1.54, 1.807) is 25.4 Å². The molecule has 2 heterocycles. The van der Waals surface area contributed by atoms with E-state index in [2.05, 4.69) is 4.98 Å². The van der Waals surface area contributed by atoms with Crippen molar-refractivity contribution in [3.8, 4) is 0 Å². The molecule has 1 aliphatic rings. The van der Waals surface area contributed by atoms with Crippen molar-refractivity contribution >= 4 is 10.0 Å². The topological polar surface area (TPSA) is 70.5 Å². The lowest BCUT2D eigenvalue weighted by Gasteiger charge is -2.35. The summed E-state index contributed by atoms with van der Waals surface area (Å²) in [5.41, 5.74) is -0.198. The maximum absolute atomic E-state index is 11.6. The summed E-state index contributed by atoms with van der Waals surface area (Å²) in [4.78, 5) is 4.03. The molecule has 1 aliphatic heterocycles. The van der Waals surface area contributed by atoms with Crippen LogP contribution in [0, 0.1) is 5.92 Å². The van der Waals surface area contributed by atoms with Gasteiger partial charge in [0.1, 0.15) is 0 Å². The Morgan fingerprint density at radius 1 is 1.55 bits per heavy atom. The van der Waals surface area contributed by atoms with Crippen molar-refractivity contribution in [1.29, 1.82) is 0 Å². The molecular weight excluding hydrogens is 276 g/mol. The Balaban J connectivity index is 2.06. The number of hydrogen-bond acceptors (Lipinski definition) is 4. The van der Waals surface area contributed by atoms with Gasteiger partial charge in [0, 0.05) is 31.0 Å². The predicted molar refractivity (Wildman–Crippen MR) is 77.6 cm³/mol. The highest BCUT2D eigenvalue weighted by molar-refractivity contribution is 7.88. The normalized spacial score (nSPS) is 24.2. The van der Waals surface area contributed by atoms with Gasteiger partial charge in [0.2, 0.25) is 10.0 Å². The molecule has 112 valence electrons. The fraction of sp³-hybridized carbons (Fsp3) is 0.643. The van der Waals surface area contributed by atoms with E-state index in [1.165, 1.54) is 10.6 Å². The van der Waals surface area contributed by atoms with E-state index in [1.807, 2.05) is 6.07 Å². The van der Waals surface area contributed by atoms with Gasteiger partial charge in [0.05, 0.1) is 11.9 Å². The lowest BCUT2D eigenvalue weighted by atomic mass is 9.83. The summed E-state index contributed by atoms with van der Waals surface area (Å²) in [5, 5.41) is 10.6. The lowest BCUT2D eigenvalue weighted by molar-refractivity contribution is 0.0208. The fourth-order valence-electron chi connectivity index (χ4n) is 2.86. The minimum atomic E-state index is -3.14. The summed E-state index contributed by atoms with van der Waals surface area (Å²) in [6.45, 7) is 2.85. The number of nitrogens with zero attached hydrogens (tertiary/aromatic N) is 2. The summed E-state index contributed by atoms with van der Waals surface area (Å²) in [7, 11) is -3.14. The largest absolute Gasteiger partial charge is 0.385 e. The lowest BCUT2D eigenvalue weighted by Crippen LogP contribution is -2.41. The molecule has 0 spiro atoms. The third-order valence-corrected chi connectivity index (χ3v) is 5.19. The molecule has 2 rings (SSSR count). The van der Waals surface area contributed by atoms with Gasteiger partial charge in [0.25, 0.3) is 0 Å². The second kappa shape index (κ2) is 5.79. The molecular formula is C14H22N2O3S. The zero-order valence-electron chi connectivity index (χ0n) is 12.0. The van der Waals surface area contributed by atoms with Crippen molar-refractivity contribution < 1.29 is 13.5 Å². The monoisotopic (exact) mass is 298 g/mol. The Morgan fingerprint density at radius 2 is 2.30 bits per heavy atom. The molecule has 0 saturated carbocycles. The van der Waals surface area contributed by atoms with Crippen LogP contribution >= 0.6 is 0 Å². The van der Waals surface area contributed by atoms with Crippen LogP contribution in [-0.4, -0.2) is 42.2 Å². The first-order chi connectivity index (χ1) is 9.29. The third-order valence-electron chi connectivity index (χ3n) is 3.92. The van der Waals surface area contributed by atoms with E-state index in [0.717, 1.165) is 18.4 Å². The van der Waals surface area contributed by atoms with Gasteiger partial charge in [-0.05, 0) is 38.2 Å². The van der Waals surface area contributed by atoms with Crippen molar-refractivity contribution in [2.24, 2.45) is 5.92 Å². The van der Waals surface area contributed by atoms with Crippen LogP contribution in [-0.2, 0) is 15.6 Å². The standard InChI is InChI=1S/C14H22N2O3S/c1-14(17,13-6-3-7-15-10-13)9-12-5-4-8-16(11-12)20(2,18)19/h3,6-7,10,12,17H,4-5,8-9,11H2,1-2H3. The summed E-state index contributed by atoms with van der Waals surface area (Å²) in [6.07, 6.45) is 6.92. The fourth-order valence-corrected chi connectivity index (χ4v) is 3.80. The molecule has 2 unspecified atom stereocenters. The molecule has 1 aromatic rings. The number of pyridine rings is 1. The van der Waals surface area contributed by atoms with Gasteiger partial charge >= 0.3 is 0 Å².